The first-order valence-electron chi connectivity index (χ1n) is 5.80. The Morgan fingerprint density at radius 1 is 0.895 bits per heavy atom. The minimum absolute atomic E-state index is 0. The standard InChI is InChI=1S/C7H7N.2C5H5.Fe/c1-2-7-5-3-4-6-8-7;2*1-2-4-5-3-1;/h2-6H,1H2;2*1-5H;/q;-5;-1;. The third-order valence-corrected chi connectivity index (χ3v) is 2.01. The quantitative estimate of drug-likeness (QED) is 0.474. The molecule has 1 aromatic heterocycles. The van der Waals surface area contributed by atoms with Crippen LogP contribution in [0, 0.1) is 0 Å². The molecule has 0 saturated heterocycles. The van der Waals surface area contributed by atoms with Crippen LogP contribution in [-0.4, -0.2) is 4.98 Å². The summed E-state index contributed by atoms with van der Waals surface area (Å²) in [6.07, 6.45) is 3.47. The molecular weight excluding hydrogens is 274 g/mol. The summed E-state index contributed by atoms with van der Waals surface area (Å²) in [7, 11) is 0. The first kappa shape index (κ1) is 17.1. The summed E-state index contributed by atoms with van der Waals surface area (Å²) in [5.74, 6) is 0. The van der Waals surface area contributed by atoms with E-state index in [9.17, 15) is 0 Å². The SMILES string of the molecule is C=Cc1ccccn1.[Fe].[cH-]1[cH-][cH-][cH-][cH-]1.c1cc[cH-]c1. The van der Waals surface area contributed by atoms with Crippen LogP contribution in [0.15, 0.2) is 91.6 Å². The zero-order valence-corrected chi connectivity index (χ0v) is 11.8. The fourth-order valence-corrected chi connectivity index (χ4v) is 1.14. The molecular formula is C17H17FeN-6. The molecule has 3 rings (SSSR count). The first-order valence-corrected chi connectivity index (χ1v) is 5.80. The molecule has 0 saturated carbocycles. The monoisotopic (exact) mass is 291 g/mol. The Morgan fingerprint density at radius 2 is 1.47 bits per heavy atom. The predicted octanol–water partition coefficient (Wildman–Crippen LogP) is 4.53. The molecule has 0 atom stereocenters. The number of nitrogens with zero attached hydrogens (tertiary/aromatic N) is 1. The minimum atomic E-state index is 0. The van der Waals surface area contributed by atoms with Gasteiger partial charge in [0.2, 0.25) is 0 Å². The fraction of sp³-hybridized carbons (Fsp3) is 0. The van der Waals surface area contributed by atoms with Gasteiger partial charge in [-0.2, -0.15) is 18.2 Å². The molecule has 104 valence electrons. The smallest absolute Gasteiger partial charge is 0.0623 e. The Hall–Kier alpha value is -1.89. The van der Waals surface area contributed by atoms with E-state index in [0.29, 0.717) is 0 Å². The van der Waals surface area contributed by atoms with E-state index >= 15 is 0 Å². The van der Waals surface area contributed by atoms with Crippen molar-refractivity contribution in [2.75, 3.05) is 0 Å². The van der Waals surface area contributed by atoms with Gasteiger partial charge in [0.25, 0.3) is 0 Å². The Balaban J connectivity index is 0.000000259. The van der Waals surface area contributed by atoms with Crippen molar-refractivity contribution < 1.29 is 17.1 Å². The summed E-state index contributed by atoms with van der Waals surface area (Å²) in [6.45, 7) is 3.57. The molecule has 0 aliphatic rings. The van der Waals surface area contributed by atoms with Gasteiger partial charge in [-0.1, -0.05) is 12.6 Å². The molecule has 0 aliphatic carbocycles. The van der Waals surface area contributed by atoms with Crippen LogP contribution in [0.2, 0.25) is 0 Å². The van der Waals surface area contributed by atoms with Crippen molar-refractivity contribution in [3.63, 3.8) is 0 Å². The van der Waals surface area contributed by atoms with Gasteiger partial charge in [0, 0.05) is 23.3 Å². The number of rotatable bonds is 1. The summed E-state index contributed by atoms with van der Waals surface area (Å²) >= 11 is 0. The number of pyridine rings is 1. The largest absolute Gasteiger partial charge is 0.748 e. The van der Waals surface area contributed by atoms with Crippen LogP contribution in [0.4, 0.5) is 0 Å². The molecule has 0 bridgehead atoms. The second kappa shape index (κ2) is 12.6. The Morgan fingerprint density at radius 3 is 1.74 bits per heavy atom. The second-order valence-corrected chi connectivity index (χ2v) is 3.38. The van der Waals surface area contributed by atoms with Gasteiger partial charge in [-0.15, -0.1) is 0 Å². The van der Waals surface area contributed by atoms with Crippen molar-refractivity contribution in [3.8, 4) is 0 Å². The van der Waals surface area contributed by atoms with Crippen LogP contribution in [0.3, 0.4) is 0 Å². The van der Waals surface area contributed by atoms with Gasteiger partial charge in [0.1, 0.15) is 0 Å². The molecule has 0 aliphatic heterocycles. The van der Waals surface area contributed by atoms with E-state index in [4.69, 9.17) is 0 Å². The van der Waals surface area contributed by atoms with Crippen LogP contribution in [0.25, 0.3) is 6.08 Å². The van der Waals surface area contributed by atoms with Gasteiger partial charge in [0.05, 0.1) is 5.69 Å². The molecule has 0 fully saturated rings. The molecule has 0 radical (unpaired) electrons. The molecule has 2 aromatic carbocycles. The maximum atomic E-state index is 3.98. The van der Waals surface area contributed by atoms with Crippen molar-refractivity contribution in [1.29, 1.82) is 0 Å². The van der Waals surface area contributed by atoms with Gasteiger partial charge in [-0.05, 0) is 18.2 Å². The topological polar surface area (TPSA) is 12.9 Å². The summed E-state index contributed by atoms with van der Waals surface area (Å²) in [4.78, 5) is 3.98. The zero-order chi connectivity index (χ0) is 12.9. The van der Waals surface area contributed by atoms with Crippen molar-refractivity contribution in [2.24, 2.45) is 0 Å². The minimum Gasteiger partial charge on any atom is -0.748 e. The molecule has 1 nitrogen and oxygen atoms in total. The van der Waals surface area contributed by atoms with Gasteiger partial charge in [0.15, 0.2) is 0 Å². The van der Waals surface area contributed by atoms with Crippen molar-refractivity contribution >= 4 is 6.08 Å². The maximum absolute atomic E-state index is 3.98. The summed E-state index contributed by atoms with van der Waals surface area (Å²) < 4.78 is 0. The Bertz CT molecular complexity index is 409. The van der Waals surface area contributed by atoms with Gasteiger partial charge >= 0.3 is 0 Å². The third kappa shape index (κ3) is 9.78. The van der Waals surface area contributed by atoms with E-state index in [-0.39, 0.29) is 17.1 Å². The van der Waals surface area contributed by atoms with Gasteiger partial charge in [-0.25, -0.2) is 12.1 Å². The van der Waals surface area contributed by atoms with Crippen LogP contribution in [-0.2, 0) is 17.1 Å². The molecule has 19 heavy (non-hydrogen) atoms. The van der Waals surface area contributed by atoms with Gasteiger partial charge in [-0.3, -0.25) is 4.98 Å². The predicted molar refractivity (Wildman–Crippen MR) is 78.4 cm³/mol. The molecule has 0 amide bonds. The van der Waals surface area contributed by atoms with Crippen LogP contribution >= 0.6 is 0 Å². The molecule has 0 spiro atoms. The van der Waals surface area contributed by atoms with Crippen molar-refractivity contribution in [2.45, 2.75) is 0 Å². The molecule has 3 aromatic rings. The average Bonchev–Trinajstić information content (AvgIpc) is 3.17. The fourth-order valence-electron chi connectivity index (χ4n) is 1.14. The zero-order valence-electron chi connectivity index (χ0n) is 10.7. The summed E-state index contributed by atoms with van der Waals surface area (Å²) in [6, 6.07) is 25.7. The second-order valence-electron chi connectivity index (χ2n) is 3.38. The van der Waals surface area contributed by atoms with Crippen LogP contribution in [0.1, 0.15) is 5.69 Å². The molecule has 2 heteroatoms. The van der Waals surface area contributed by atoms with Crippen molar-refractivity contribution in [1.82, 2.24) is 4.98 Å². The summed E-state index contributed by atoms with van der Waals surface area (Å²) in [5, 5.41) is 0. The van der Waals surface area contributed by atoms with Crippen LogP contribution < -0.4 is 0 Å². The van der Waals surface area contributed by atoms with Gasteiger partial charge < -0.3 is 30.3 Å². The Kier molecular flexibility index (Phi) is 11.3. The van der Waals surface area contributed by atoms with E-state index < -0.39 is 0 Å². The maximum Gasteiger partial charge on any atom is 0.0623 e. The number of hydrogen-bond acceptors (Lipinski definition) is 1. The van der Waals surface area contributed by atoms with E-state index in [1.54, 1.807) is 12.3 Å². The van der Waals surface area contributed by atoms with Crippen molar-refractivity contribution in [3.05, 3.63) is 97.3 Å². The van der Waals surface area contributed by atoms with E-state index in [2.05, 4.69) is 11.6 Å². The van der Waals surface area contributed by atoms with E-state index in [0.717, 1.165) is 5.69 Å². The average molecular weight is 291 g/mol. The van der Waals surface area contributed by atoms with E-state index in [1.165, 1.54) is 0 Å². The molecule has 0 N–H and O–H groups in total. The molecule has 0 unspecified atom stereocenters. The summed E-state index contributed by atoms with van der Waals surface area (Å²) in [5.41, 5.74) is 0.924. The van der Waals surface area contributed by atoms with E-state index in [1.807, 2.05) is 78.9 Å². The normalized spacial score (nSPS) is 7.79. The first-order chi connectivity index (χ1) is 8.93. The molecule has 1 heterocycles. The Labute approximate surface area is 125 Å². The van der Waals surface area contributed by atoms with Crippen LogP contribution in [0.5, 0.6) is 0 Å². The number of aromatic nitrogens is 1. The number of hydrogen-bond donors (Lipinski definition) is 0. The third-order valence-electron chi connectivity index (χ3n) is 2.01.